The van der Waals surface area contributed by atoms with Gasteiger partial charge in [-0.25, -0.2) is 0 Å². The Hall–Kier alpha value is -0.0400. The molecule has 1 aliphatic rings. The molecule has 0 saturated heterocycles. The highest BCUT2D eigenvalue weighted by atomic mass is 15.0. The van der Waals surface area contributed by atoms with E-state index in [9.17, 15) is 0 Å². The van der Waals surface area contributed by atoms with Crippen LogP contribution in [0, 0.1) is 11.3 Å². The Labute approximate surface area is 83.3 Å². The van der Waals surface area contributed by atoms with E-state index in [1.807, 2.05) is 0 Å². The molecule has 1 N–H and O–H groups in total. The lowest BCUT2D eigenvalue weighted by Gasteiger charge is -2.28. The summed E-state index contributed by atoms with van der Waals surface area (Å²) >= 11 is 0. The van der Waals surface area contributed by atoms with E-state index in [0.29, 0.717) is 11.0 Å². The van der Waals surface area contributed by atoms with Gasteiger partial charge in [0, 0.05) is 5.54 Å². The number of hydrogen-bond donors (Lipinski definition) is 1. The average Bonchev–Trinajstić information content (AvgIpc) is 2.62. The molecule has 1 saturated carbocycles. The lowest BCUT2D eigenvalue weighted by Crippen LogP contribution is -2.42. The summed E-state index contributed by atoms with van der Waals surface area (Å²) in [6.45, 7) is 12.8. The molecule has 0 spiro atoms. The van der Waals surface area contributed by atoms with Gasteiger partial charge in [-0.1, -0.05) is 20.8 Å². The van der Waals surface area contributed by atoms with Crippen LogP contribution in [0.25, 0.3) is 0 Å². The zero-order valence-electron chi connectivity index (χ0n) is 9.91. The topological polar surface area (TPSA) is 12.0 Å². The van der Waals surface area contributed by atoms with Crippen molar-refractivity contribution in [1.29, 1.82) is 0 Å². The molecule has 1 nitrogen and oxygen atoms in total. The smallest absolute Gasteiger partial charge is 0.0153 e. The monoisotopic (exact) mass is 183 g/mol. The first-order chi connectivity index (χ1) is 5.81. The maximum Gasteiger partial charge on any atom is 0.0153 e. The predicted octanol–water partition coefficient (Wildman–Crippen LogP) is 3.20. The molecule has 0 aromatic rings. The van der Waals surface area contributed by atoms with Crippen molar-refractivity contribution in [2.75, 3.05) is 6.54 Å². The Balaban J connectivity index is 2.18. The minimum atomic E-state index is 0.380. The van der Waals surface area contributed by atoms with E-state index in [4.69, 9.17) is 0 Å². The minimum Gasteiger partial charge on any atom is -0.311 e. The third-order valence-corrected chi connectivity index (χ3v) is 3.05. The van der Waals surface area contributed by atoms with Crippen LogP contribution in [0.4, 0.5) is 0 Å². The van der Waals surface area contributed by atoms with E-state index in [0.717, 1.165) is 12.5 Å². The van der Waals surface area contributed by atoms with Crippen LogP contribution in [-0.4, -0.2) is 12.1 Å². The summed E-state index contributed by atoms with van der Waals surface area (Å²) in [7, 11) is 0. The Kier molecular flexibility index (Phi) is 3.06. The largest absolute Gasteiger partial charge is 0.311 e. The van der Waals surface area contributed by atoms with Crippen molar-refractivity contribution in [3.63, 3.8) is 0 Å². The second kappa shape index (κ2) is 3.61. The number of nitrogens with one attached hydrogen (secondary N) is 1. The Bertz CT molecular complexity index is 160. The van der Waals surface area contributed by atoms with Crippen LogP contribution in [-0.2, 0) is 0 Å². The van der Waals surface area contributed by atoms with Gasteiger partial charge < -0.3 is 5.32 Å². The van der Waals surface area contributed by atoms with Crippen molar-refractivity contribution in [3.8, 4) is 0 Å². The molecular formula is C12H25N. The van der Waals surface area contributed by atoms with Crippen LogP contribution in [0.15, 0.2) is 0 Å². The van der Waals surface area contributed by atoms with E-state index >= 15 is 0 Å². The highest BCUT2D eigenvalue weighted by Gasteiger charge is 2.37. The van der Waals surface area contributed by atoms with Gasteiger partial charge in [0.15, 0.2) is 0 Å². The van der Waals surface area contributed by atoms with Crippen molar-refractivity contribution < 1.29 is 0 Å². The van der Waals surface area contributed by atoms with Crippen molar-refractivity contribution in [3.05, 3.63) is 0 Å². The summed E-state index contributed by atoms with van der Waals surface area (Å²) in [5, 5.41) is 3.68. The first-order valence-corrected chi connectivity index (χ1v) is 5.56. The molecule has 0 heterocycles. The molecule has 0 amide bonds. The molecule has 0 unspecified atom stereocenters. The molecule has 1 heteroatoms. The average molecular weight is 183 g/mol. The van der Waals surface area contributed by atoms with Gasteiger partial charge in [0.1, 0.15) is 0 Å². The molecule has 0 radical (unpaired) electrons. The van der Waals surface area contributed by atoms with Crippen LogP contribution in [0.1, 0.15) is 53.9 Å². The predicted molar refractivity (Wildman–Crippen MR) is 58.9 cm³/mol. The number of rotatable bonds is 4. The quantitative estimate of drug-likeness (QED) is 0.706. The van der Waals surface area contributed by atoms with Crippen LogP contribution in [0.3, 0.4) is 0 Å². The van der Waals surface area contributed by atoms with Crippen molar-refractivity contribution in [2.24, 2.45) is 11.3 Å². The van der Waals surface area contributed by atoms with Gasteiger partial charge in [-0.15, -0.1) is 0 Å². The molecular weight excluding hydrogens is 158 g/mol. The molecule has 0 bridgehead atoms. The normalized spacial score (nSPS) is 19.2. The summed E-state index contributed by atoms with van der Waals surface area (Å²) in [5.74, 6) is 0.937. The Morgan fingerprint density at radius 2 is 1.62 bits per heavy atom. The Morgan fingerprint density at radius 3 is 2.00 bits per heavy atom. The molecule has 0 aliphatic heterocycles. The van der Waals surface area contributed by atoms with Gasteiger partial charge in [0.2, 0.25) is 0 Å². The van der Waals surface area contributed by atoms with Crippen molar-refractivity contribution in [2.45, 2.75) is 59.4 Å². The van der Waals surface area contributed by atoms with Crippen LogP contribution in [0.2, 0.25) is 0 Å². The van der Waals surface area contributed by atoms with Crippen LogP contribution < -0.4 is 5.32 Å². The zero-order chi connectivity index (χ0) is 10.1. The third kappa shape index (κ3) is 4.12. The highest BCUT2D eigenvalue weighted by Crippen LogP contribution is 2.39. The molecule has 1 aliphatic carbocycles. The standard InChI is InChI=1S/C12H25N/c1-11(2,3)8-9-13-12(4,5)10-6-7-10/h10,13H,6-9H2,1-5H3. The fourth-order valence-corrected chi connectivity index (χ4v) is 1.71. The number of hydrogen-bond acceptors (Lipinski definition) is 1. The maximum absolute atomic E-state index is 3.68. The molecule has 0 aromatic carbocycles. The van der Waals surface area contributed by atoms with Crippen LogP contribution >= 0.6 is 0 Å². The molecule has 78 valence electrons. The molecule has 0 atom stereocenters. The van der Waals surface area contributed by atoms with Gasteiger partial charge in [-0.2, -0.15) is 0 Å². The third-order valence-electron chi connectivity index (χ3n) is 3.05. The van der Waals surface area contributed by atoms with Crippen molar-refractivity contribution >= 4 is 0 Å². The SMILES string of the molecule is CC(C)(C)CCNC(C)(C)C1CC1. The Morgan fingerprint density at radius 1 is 1.08 bits per heavy atom. The fraction of sp³-hybridized carbons (Fsp3) is 1.00. The second-order valence-corrected chi connectivity index (χ2v) is 6.23. The first kappa shape index (κ1) is 11.0. The summed E-state index contributed by atoms with van der Waals surface area (Å²) < 4.78 is 0. The molecule has 0 aromatic heterocycles. The summed E-state index contributed by atoms with van der Waals surface area (Å²) in [6, 6.07) is 0. The highest BCUT2D eigenvalue weighted by molar-refractivity contribution is 4.94. The van der Waals surface area contributed by atoms with Gasteiger partial charge in [-0.3, -0.25) is 0 Å². The van der Waals surface area contributed by atoms with E-state index < -0.39 is 0 Å². The fourth-order valence-electron chi connectivity index (χ4n) is 1.71. The molecule has 1 fully saturated rings. The second-order valence-electron chi connectivity index (χ2n) is 6.23. The van der Waals surface area contributed by atoms with E-state index in [-0.39, 0.29) is 0 Å². The van der Waals surface area contributed by atoms with Gasteiger partial charge in [0.05, 0.1) is 0 Å². The molecule has 13 heavy (non-hydrogen) atoms. The summed E-state index contributed by atoms with van der Waals surface area (Å²) in [5.41, 5.74) is 0.845. The molecule has 1 rings (SSSR count). The first-order valence-electron chi connectivity index (χ1n) is 5.56. The lowest BCUT2D eigenvalue weighted by molar-refractivity contribution is 0.297. The minimum absolute atomic E-state index is 0.380. The van der Waals surface area contributed by atoms with Crippen molar-refractivity contribution in [1.82, 2.24) is 5.32 Å². The summed E-state index contributed by atoms with van der Waals surface area (Å²) in [4.78, 5) is 0. The van der Waals surface area contributed by atoms with E-state index in [1.54, 1.807) is 0 Å². The lowest BCUT2D eigenvalue weighted by atomic mass is 9.91. The zero-order valence-corrected chi connectivity index (χ0v) is 9.91. The maximum atomic E-state index is 3.68. The van der Waals surface area contributed by atoms with Gasteiger partial charge >= 0.3 is 0 Å². The van der Waals surface area contributed by atoms with E-state index in [2.05, 4.69) is 39.9 Å². The van der Waals surface area contributed by atoms with Gasteiger partial charge in [-0.05, 0) is 51.0 Å². The van der Waals surface area contributed by atoms with Crippen LogP contribution in [0.5, 0.6) is 0 Å². The van der Waals surface area contributed by atoms with E-state index in [1.165, 1.54) is 19.3 Å². The van der Waals surface area contributed by atoms with Gasteiger partial charge in [0.25, 0.3) is 0 Å². The summed E-state index contributed by atoms with van der Waals surface area (Å²) in [6.07, 6.45) is 4.12.